The zero-order valence-corrected chi connectivity index (χ0v) is 41.4. The summed E-state index contributed by atoms with van der Waals surface area (Å²) in [5.41, 5.74) is -0.904. The van der Waals surface area contributed by atoms with E-state index in [-0.39, 0.29) is 0 Å². The molecule has 33 nitrogen and oxygen atoms in total. The zero-order chi connectivity index (χ0) is 58.2. The highest BCUT2D eigenvalue weighted by Crippen LogP contribution is 2.33. The van der Waals surface area contributed by atoms with Crippen LogP contribution in [0.4, 0.5) is 0 Å². The molecule has 33 heteroatoms. The van der Waals surface area contributed by atoms with E-state index in [1.54, 1.807) is 0 Å². The first-order valence-corrected chi connectivity index (χ1v) is 23.7. The van der Waals surface area contributed by atoms with Gasteiger partial charge in [0, 0.05) is 70.7 Å². The minimum atomic E-state index is -2.77. The van der Waals surface area contributed by atoms with Crippen molar-refractivity contribution in [3.8, 4) is 0 Å². The van der Waals surface area contributed by atoms with Crippen LogP contribution in [0.15, 0.2) is 57.2 Å². The largest absolute Gasteiger partial charge is 0.509 e. The number of aliphatic hydroxyl groups is 24. The zero-order valence-electron chi connectivity index (χ0n) is 41.4. The lowest BCUT2D eigenvalue weighted by molar-refractivity contribution is -0.329. The van der Waals surface area contributed by atoms with Gasteiger partial charge in [0.15, 0.2) is 53.4 Å². The van der Waals surface area contributed by atoms with Crippen LogP contribution in [0.3, 0.4) is 0 Å². The first-order chi connectivity index (χ1) is 36.3. The average molecular weight is 1130 g/mol. The molecule has 0 spiro atoms. The summed E-state index contributed by atoms with van der Waals surface area (Å²) in [6.07, 6.45) is -47.0. The van der Waals surface area contributed by atoms with Crippen LogP contribution in [0.1, 0.15) is 46.0 Å². The van der Waals surface area contributed by atoms with E-state index in [1.165, 1.54) is 0 Å². The second-order valence-electron chi connectivity index (χ2n) is 17.5. The maximum Gasteiger partial charge on any atom is 0.218 e. The van der Waals surface area contributed by atoms with Gasteiger partial charge in [-0.2, -0.15) is 0 Å². The number of rotatable bonds is 12. The third kappa shape index (κ3) is 17.3. The van der Waals surface area contributed by atoms with Crippen molar-refractivity contribution >= 4 is 0 Å². The maximum atomic E-state index is 11.3. The predicted molar refractivity (Wildman–Crippen MR) is 246 cm³/mol. The molecule has 77 heavy (non-hydrogen) atoms. The van der Waals surface area contributed by atoms with Crippen molar-refractivity contribution in [1.82, 2.24) is 0 Å². The Morgan fingerprint density at radius 2 is 0.571 bits per heavy atom. The van der Waals surface area contributed by atoms with E-state index in [0.717, 1.165) is 13.8 Å². The van der Waals surface area contributed by atoms with Gasteiger partial charge in [-0.1, -0.05) is 0 Å². The summed E-state index contributed by atoms with van der Waals surface area (Å²) in [5, 5.41) is 256. The number of fused-ring (bicyclic) bond motifs is 2. The molecule has 5 aliphatic heterocycles. The van der Waals surface area contributed by atoms with Crippen molar-refractivity contribution in [2.45, 2.75) is 169 Å². The summed E-state index contributed by atoms with van der Waals surface area (Å²) in [7, 11) is 0. The van der Waals surface area contributed by atoms with Crippen molar-refractivity contribution in [3.05, 3.63) is 57.2 Å². The van der Waals surface area contributed by atoms with Gasteiger partial charge in [-0.05, 0) is 19.4 Å². The molecule has 4 bridgehead atoms. The monoisotopic (exact) mass is 1130 g/mol. The van der Waals surface area contributed by atoms with Crippen molar-refractivity contribution in [2.75, 3.05) is 46.2 Å². The Morgan fingerprint density at radius 1 is 0.286 bits per heavy atom. The molecule has 20 atom stereocenters. The van der Waals surface area contributed by atoms with Gasteiger partial charge in [-0.25, -0.2) is 0 Å². The van der Waals surface area contributed by atoms with E-state index < -0.39 is 259 Å². The standard InChI is InChI=1S/C44H74O33/c1-15-17(3-8-45)69-38(64)16(2)24(52)18(4-9-46)72-43-34(62)29(57)36(22(13-50)74-43)76-42(68)33(61)27(55)20(6-11-48)71-40(66)31(59)28(56)21(7-12-49)73-44-35(63)30(58)37(23(14-51)75-44)77-41(67)32(60)26(54)19(5-10-47)70-39(65)25(15)53/h17-23,29-30,34-68H,3-14H2,1-2H3/b24-16+,25-15+,31-28+,32-26-,33-27+. The van der Waals surface area contributed by atoms with Crippen molar-refractivity contribution in [2.24, 2.45) is 0 Å². The van der Waals surface area contributed by atoms with Crippen LogP contribution in [0.25, 0.3) is 0 Å². The molecule has 0 aromatic heterocycles. The second kappa shape index (κ2) is 31.8. The molecule has 0 aliphatic carbocycles. The van der Waals surface area contributed by atoms with Crippen molar-refractivity contribution in [1.29, 1.82) is 0 Å². The quantitative estimate of drug-likeness (QED) is 0.0864. The number of aliphatic hydroxyl groups excluding tert-OH is 24. The molecule has 0 aromatic carbocycles. The van der Waals surface area contributed by atoms with E-state index in [0.29, 0.717) is 0 Å². The summed E-state index contributed by atoms with van der Waals surface area (Å²) < 4.78 is 48.4. The van der Waals surface area contributed by atoms with Gasteiger partial charge in [-0.3, -0.25) is 0 Å². The molecule has 0 aromatic rings. The fraction of sp³-hybridized carbons (Fsp3) is 0.773. The van der Waals surface area contributed by atoms with Gasteiger partial charge in [-0.15, -0.1) is 0 Å². The smallest absolute Gasteiger partial charge is 0.218 e. The van der Waals surface area contributed by atoms with Gasteiger partial charge in [0.05, 0.1) is 19.3 Å². The Balaban J connectivity index is 2.20. The molecule has 0 amide bonds. The van der Waals surface area contributed by atoms with E-state index in [2.05, 4.69) is 0 Å². The minimum Gasteiger partial charge on any atom is -0.509 e. The van der Waals surface area contributed by atoms with Crippen molar-refractivity contribution < 1.29 is 165 Å². The molecule has 448 valence electrons. The molecule has 24 N–H and O–H groups in total. The Kier molecular flexibility index (Phi) is 27.8. The molecule has 20 unspecified atom stereocenters. The third-order valence-corrected chi connectivity index (χ3v) is 12.3. The summed E-state index contributed by atoms with van der Waals surface area (Å²) >= 11 is 0. The molecule has 2 saturated heterocycles. The highest BCUT2D eigenvalue weighted by molar-refractivity contribution is 5.17. The SMILES string of the molecule is C/C1=C(\O)C(CCO)OC2OC(CO)C(OC(O)/C(O)=C(\O)C(CCO)OC(O)/C(O)=C(\O)C(CCO)OC3OC(CO)C(OC(O)/C(O)=C(/O)C(CCO)OC(O)/C(O)=C(/C)C(CCO)OC1O)C(O)C3O)C(O)C2O. The Bertz CT molecular complexity index is 1960. The van der Waals surface area contributed by atoms with Crippen molar-refractivity contribution in [3.63, 3.8) is 0 Å². The summed E-state index contributed by atoms with van der Waals surface area (Å²) in [4.78, 5) is 0. The Hall–Kier alpha value is -3.90. The molecular weight excluding hydrogens is 1060 g/mol. The predicted octanol–water partition coefficient (Wildman–Crippen LogP) is -6.27. The van der Waals surface area contributed by atoms with E-state index in [9.17, 15) is 123 Å². The van der Waals surface area contributed by atoms with E-state index in [4.69, 9.17) is 42.6 Å². The fourth-order valence-corrected chi connectivity index (χ4v) is 7.78. The minimum absolute atomic E-state index is 0.403. The lowest BCUT2D eigenvalue weighted by Crippen LogP contribution is -2.61. The lowest BCUT2D eigenvalue weighted by atomic mass is 9.98. The van der Waals surface area contributed by atoms with Gasteiger partial charge in [0.25, 0.3) is 0 Å². The molecule has 0 radical (unpaired) electrons. The average Bonchev–Trinajstić information content (AvgIpc) is 3.41. The lowest BCUT2D eigenvalue weighted by Gasteiger charge is -2.43. The van der Waals surface area contributed by atoms with Crippen LogP contribution in [-0.4, -0.2) is 292 Å². The molecule has 2 fully saturated rings. The summed E-state index contributed by atoms with van der Waals surface area (Å²) in [6, 6.07) is 0. The van der Waals surface area contributed by atoms with Crippen LogP contribution in [0.2, 0.25) is 0 Å². The van der Waals surface area contributed by atoms with Crippen LogP contribution < -0.4 is 0 Å². The third-order valence-electron chi connectivity index (χ3n) is 12.3. The Labute approximate surface area is 437 Å². The van der Waals surface area contributed by atoms with Gasteiger partial charge >= 0.3 is 0 Å². The van der Waals surface area contributed by atoms with Crippen LogP contribution >= 0.6 is 0 Å². The van der Waals surface area contributed by atoms with Crippen LogP contribution in [0.5, 0.6) is 0 Å². The number of ether oxygens (including phenoxy) is 9. The topological polar surface area (TPSA) is 569 Å². The first-order valence-electron chi connectivity index (χ1n) is 23.7. The normalized spacial score (nSPS) is 43.0. The molecule has 0 saturated carbocycles. The van der Waals surface area contributed by atoms with Crippen LogP contribution in [-0.2, 0) is 42.6 Å². The first kappa shape index (κ1) is 67.4. The summed E-state index contributed by atoms with van der Waals surface area (Å²) in [5.74, 6) is -11.0. The number of hydrogen-bond donors (Lipinski definition) is 24. The maximum absolute atomic E-state index is 11.3. The van der Waals surface area contributed by atoms with Crippen LogP contribution in [0, 0.1) is 0 Å². The van der Waals surface area contributed by atoms with Gasteiger partial charge in [0.2, 0.25) is 25.2 Å². The molecule has 5 aliphatic rings. The number of hydrogen-bond acceptors (Lipinski definition) is 33. The summed E-state index contributed by atoms with van der Waals surface area (Å²) in [6.45, 7) is -4.31. The molecule has 5 rings (SSSR count). The van der Waals surface area contributed by atoms with Gasteiger partial charge in [0.1, 0.15) is 84.8 Å². The second-order valence-corrected chi connectivity index (χ2v) is 17.5. The molecule has 5 heterocycles. The highest BCUT2D eigenvalue weighted by Gasteiger charge is 2.50. The van der Waals surface area contributed by atoms with E-state index in [1.807, 2.05) is 0 Å². The fourth-order valence-electron chi connectivity index (χ4n) is 7.78. The molecular formula is C44H74O33. The van der Waals surface area contributed by atoms with E-state index >= 15 is 0 Å². The highest BCUT2D eigenvalue weighted by atomic mass is 16.7. The van der Waals surface area contributed by atoms with Gasteiger partial charge < -0.3 is 165 Å². The Morgan fingerprint density at radius 3 is 0.909 bits per heavy atom.